The molecular formula is C14H32N2O. The molecule has 0 fully saturated rings. The Kier molecular flexibility index (Phi) is 12.3. The second-order valence-electron chi connectivity index (χ2n) is 4.88. The van der Waals surface area contributed by atoms with Crippen LogP contribution in [-0.2, 0) is 4.74 Å². The summed E-state index contributed by atoms with van der Waals surface area (Å²) < 4.78 is 5.28. The van der Waals surface area contributed by atoms with E-state index in [1.807, 2.05) is 0 Å². The third-order valence-electron chi connectivity index (χ3n) is 3.14. The highest BCUT2D eigenvalue weighted by molar-refractivity contribution is 4.74. The van der Waals surface area contributed by atoms with Crippen LogP contribution >= 0.6 is 0 Å². The van der Waals surface area contributed by atoms with Gasteiger partial charge in [-0.3, -0.25) is 0 Å². The SMILES string of the molecule is CCCCC(CCC)NC(CCCN)COC. The fraction of sp³-hybridized carbons (Fsp3) is 1.00. The Morgan fingerprint density at radius 1 is 1.00 bits per heavy atom. The minimum atomic E-state index is 0.469. The highest BCUT2D eigenvalue weighted by Crippen LogP contribution is 2.09. The van der Waals surface area contributed by atoms with Gasteiger partial charge in [-0.05, 0) is 32.2 Å². The molecule has 0 saturated heterocycles. The Balaban J connectivity index is 4.02. The molecule has 0 radical (unpaired) electrons. The molecule has 2 atom stereocenters. The third kappa shape index (κ3) is 9.57. The summed E-state index contributed by atoms with van der Waals surface area (Å²) in [5.41, 5.74) is 5.57. The number of hydrogen-bond acceptors (Lipinski definition) is 3. The van der Waals surface area contributed by atoms with E-state index in [-0.39, 0.29) is 0 Å². The van der Waals surface area contributed by atoms with Crippen molar-refractivity contribution in [3.8, 4) is 0 Å². The van der Waals surface area contributed by atoms with Gasteiger partial charge in [-0.15, -0.1) is 0 Å². The van der Waals surface area contributed by atoms with Gasteiger partial charge in [0, 0.05) is 19.2 Å². The van der Waals surface area contributed by atoms with E-state index in [4.69, 9.17) is 10.5 Å². The van der Waals surface area contributed by atoms with Crippen LogP contribution in [0.2, 0.25) is 0 Å². The zero-order chi connectivity index (χ0) is 12.9. The third-order valence-corrected chi connectivity index (χ3v) is 3.14. The predicted molar refractivity (Wildman–Crippen MR) is 75.3 cm³/mol. The van der Waals surface area contributed by atoms with Crippen LogP contribution in [0, 0.1) is 0 Å². The van der Waals surface area contributed by atoms with Crippen LogP contribution in [0.15, 0.2) is 0 Å². The maximum absolute atomic E-state index is 5.57. The molecular weight excluding hydrogens is 212 g/mol. The summed E-state index contributed by atoms with van der Waals surface area (Å²) in [5, 5.41) is 3.74. The predicted octanol–water partition coefficient (Wildman–Crippen LogP) is 2.69. The zero-order valence-electron chi connectivity index (χ0n) is 12.0. The number of rotatable bonds is 12. The van der Waals surface area contributed by atoms with E-state index in [1.165, 1.54) is 32.1 Å². The molecule has 3 heteroatoms. The summed E-state index contributed by atoms with van der Waals surface area (Å²) in [4.78, 5) is 0. The van der Waals surface area contributed by atoms with Gasteiger partial charge >= 0.3 is 0 Å². The first-order valence-electron chi connectivity index (χ1n) is 7.23. The smallest absolute Gasteiger partial charge is 0.0615 e. The molecule has 3 N–H and O–H groups in total. The fourth-order valence-electron chi connectivity index (χ4n) is 2.22. The first-order chi connectivity index (χ1) is 8.28. The summed E-state index contributed by atoms with van der Waals surface area (Å²) in [6.45, 7) is 6.08. The topological polar surface area (TPSA) is 47.3 Å². The Bertz CT molecular complexity index is 137. The van der Waals surface area contributed by atoms with Crippen LogP contribution in [0.5, 0.6) is 0 Å². The molecule has 0 aromatic rings. The molecule has 0 aliphatic rings. The Morgan fingerprint density at radius 2 is 1.71 bits per heavy atom. The number of ether oxygens (including phenoxy) is 1. The fourth-order valence-corrected chi connectivity index (χ4v) is 2.22. The largest absolute Gasteiger partial charge is 0.383 e. The highest BCUT2D eigenvalue weighted by atomic mass is 16.5. The molecule has 0 aliphatic heterocycles. The summed E-state index contributed by atoms with van der Waals surface area (Å²) >= 11 is 0. The van der Waals surface area contributed by atoms with Crippen LogP contribution in [0.4, 0.5) is 0 Å². The van der Waals surface area contributed by atoms with Gasteiger partial charge in [0.05, 0.1) is 6.61 Å². The van der Waals surface area contributed by atoms with Crippen molar-refractivity contribution < 1.29 is 4.74 Å². The lowest BCUT2D eigenvalue weighted by atomic mass is 10.0. The van der Waals surface area contributed by atoms with Gasteiger partial charge in [0.2, 0.25) is 0 Å². The number of unbranched alkanes of at least 4 members (excludes halogenated alkanes) is 1. The molecule has 104 valence electrons. The van der Waals surface area contributed by atoms with Crippen molar-refractivity contribution in [3.05, 3.63) is 0 Å². The average Bonchev–Trinajstić information content (AvgIpc) is 2.33. The molecule has 0 saturated carbocycles. The molecule has 0 bridgehead atoms. The van der Waals surface area contributed by atoms with Crippen molar-refractivity contribution in [1.82, 2.24) is 5.32 Å². The molecule has 17 heavy (non-hydrogen) atoms. The quantitative estimate of drug-likeness (QED) is 0.555. The van der Waals surface area contributed by atoms with Crippen molar-refractivity contribution in [2.75, 3.05) is 20.3 Å². The van der Waals surface area contributed by atoms with Crippen molar-refractivity contribution in [3.63, 3.8) is 0 Å². The van der Waals surface area contributed by atoms with Crippen molar-refractivity contribution >= 4 is 0 Å². The van der Waals surface area contributed by atoms with Gasteiger partial charge in [-0.2, -0.15) is 0 Å². The lowest BCUT2D eigenvalue weighted by Crippen LogP contribution is -2.41. The maximum Gasteiger partial charge on any atom is 0.0615 e. The minimum absolute atomic E-state index is 0.469. The minimum Gasteiger partial charge on any atom is -0.383 e. The molecule has 0 amide bonds. The van der Waals surface area contributed by atoms with Gasteiger partial charge < -0.3 is 15.8 Å². The van der Waals surface area contributed by atoms with Crippen LogP contribution in [0.1, 0.15) is 58.8 Å². The van der Waals surface area contributed by atoms with Gasteiger partial charge in [-0.1, -0.05) is 33.1 Å². The van der Waals surface area contributed by atoms with E-state index in [9.17, 15) is 0 Å². The highest BCUT2D eigenvalue weighted by Gasteiger charge is 2.14. The number of methoxy groups -OCH3 is 1. The van der Waals surface area contributed by atoms with Crippen molar-refractivity contribution in [2.24, 2.45) is 5.73 Å². The van der Waals surface area contributed by atoms with Crippen molar-refractivity contribution in [1.29, 1.82) is 0 Å². The molecule has 0 rings (SSSR count). The van der Waals surface area contributed by atoms with Crippen LogP contribution < -0.4 is 11.1 Å². The van der Waals surface area contributed by atoms with Crippen LogP contribution in [-0.4, -0.2) is 32.3 Å². The molecule has 3 nitrogen and oxygen atoms in total. The summed E-state index contributed by atoms with van der Waals surface area (Å²) in [6.07, 6.45) is 8.59. The number of nitrogens with two attached hydrogens (primary N) is 1. The van der Waals surface area contributed by atoms with E-state index >= 15 is 0 Å². The van der Waals surface area contributed by atoms with Gasteiger partial charge in [0.1, 0.15) is 0 Å². The lowest BCUT2D eigenvalue weighted by Gasteiger charge is -2.25. The van der Waals surface area contributed by atoms with E-state index in [0.29, 0.717) is 12.1 Å². The molecule has 0 heterocycles. The normalized spacial score (nSPS) is 14.8. The average molecular weight is 244 g/mol. The van der Waals surface area contributed by atoms with Gasteiger partial charge in [0.15, 0.2) is 0 Å². The Morgan fingerprint density at radius 3 is 2.24 bits per heavy atom. The second kappa shape index (κ2) is 12.3. The summed E-state index contributed by atoms with van der Waals surface area (Å²) in [6, 6.07) is 1.12. The first-order valence-corrected chi connectivity index (χ1v) is 7.23. The van der Waals surface area contributed by atoms with Gasteiger partial charge in [-0.25, -0.2) is 0 Å². The lowest BCUT2D eigenvalue weighted by molar-refractivity contribution is 0.153. The van der Waals surface area contributed by atoms with E-state index < -0.39 is 0 Å². The van der Waals surface area contributed by atoms with Crippen LogP contribution in [0.3, 0.4) is 0 Å². The molecule has 0 aromatic carbocycles. The monoisotopic (exact) mass is 244 g/mol. The molecule has 0 aromatic heterocycles. The maximum atomic E-state index is 5.57. The Labute approximate surface area is 107 Å². The Hall–Kier alpha value is -0.120. The van der Waals surface area contributed by atoms with Gasteiger partial charge in [0.25, 0.3) is 0 Å². The molecule has 0 spiro atoms. The molecule has 0 aliphatic carbocycles. The van der Waals surface area contributed by atoms with E-state index in [0.717, 1.165) is 26.0 Å². The first kappa shape index (κ1) is 16.9. The van der Waals surface area contributed by atoms with E-state index in [2.05, 4.69) is 19.2 Å². The van der Waals surface area contributed by atoms with Crippen LogP contribution in [0.25, 0.3) is 0 Å². The van der Waals surface area contributed by atoms with E-state index in [1.54, 1.807) is 7.11 Å². The molecule has 2 unspecified atom stereocenters. The standard InChI is InChI=1S/C14H32N2O/c1-4-6-9-13(8-5-2)16-14(12-17-3)10-7-11-15/h13-14,16H,4-12,15H2,1-3H3. The number of nitrogens with one attached hydrogen (secondary N) is 1. The summed E-state index contributed by atoms with van der Waals surface area (Å²) in [7, 11) is 1.78. The van der Waals surface area contributed by atoms with Crippen molar-refractivity contribution in [2.45, 2.75) is 70.9 Å². The number of hydrogen-bond donors (Lipinski definition) is 2. The zero-order valence-corrected chi connectivity index (χ0v) is 12.0. The summed E-state index contributed by atoms with van der Waals surface area (Å²) in [5.74, 6) is 0. The second-order valence-corrected chi connectivity index (χ2v) is 4.88.